The second kappa shape index (κ2) is 7.65. The second-order valence-electron chi connectivity index (χ2n) is 3.52. The molecule has 0 bridgehead atoms. The van der Waals surface area contributed by atoms with Crippen molar-refractivity contribution >= 4 is 28.5 Å². The molecular formula is C11H17N3O3S. The van der Waals surface area contributed by atoms with Crippen molar-refractivity contribution in [3.63, 3.8) is 0 Å². The molecule has 2 N–H and O–H groups in total. The lowest BCUT2D eigenvalue weighted by Crippen LogP contribution is -2.25. The van der Waals surface area contributed by atoms with Crippen LogP contribution in [0.5, 0.6) is 0 Å². The van der Waals surface area contributed by atoms with E-state index < -0.39 is 6.09 Å². The molecule has 0 aliphatic carbocycles. The highest BCUT2D eigenvalue weighted by atomic mass is 32.1. The predicted molar refractivity (Wildman–Crippen MR) is 69.8 cm³/mol. The summed E-state index contributed by atoms with van der Waals surface area (Å²) in [5.74, 6) is -0.0650. The van der Waals surface area contributed by atoms with E-state index in [0.717, 1.165) is 6.42 Å². The number of anilines is 1. The quantitative estimate of drug-likeness (QED) is 0.826. The number of nitrogens with zero attached hydrogens (tertiary/aromatic N) is 1. The Morgan fingerprint density at radius 2 is 2.22 bits per heavy atom. The number of carbonyl (C=O) groups is 2. The van der Waals surface area contributed by atoms with Gasteiger partial charge in [0.1, 0.15) is 0 Å². The Morgan fingerprint density at radius 1 is 1.44 bits per heavy atom. The van der Waals surface area contributed by atoms with E-state index in [1.807, 2.05) is 6.92 Å². The molecule has 1 rings (SSSR count). The van der Waals surface area contributed by atoms with Crippen molar-refractivity contribution < 1.29 is 14.3 Å². The van der Waals surface area contributed by atoms with Gasteiger partial charge in [0.25, 0.3) is 0 Å². The van der Waals surface area contributed by atoms with Crippen LogP contribution in [-0.4, -0.2) is 30.1 Å². The van der Waals surface area contributed by atoms with E-state index >= 15 is 0 Å². The van der Waals surface area contributed by atoms with Crippen molar-refractivity contribution in [3.8, 4) is 0 Å². The Morgan fingerprint density at radius 3 is 2.89 bits per heavy atom. The van der Waals surface area contributed by atoms with E-state index in [0.29, 0.717) is 24.0 Å². The van der Waals surface area contributed by atoms with Crippen LogP contribution < -0.4 is 10.6 Å². The number of hydrogen-bond donors (Lipinski definition) is 2. The molecule has 7 heteroatoms. The summed E-state index contributed by atoms with van der Waals surface area (Å²) in [6, 6.07) is 0. The van der Waals surface area contributed by atoms with E-state index in [1.165, 1.54) is 11.3 Å². The molecule has 0 saturated carbocycles. The number of thiazole rings is 1. The maximum absolute atomic E-state index is 11.4. The van der Waals surface area contributed by atoms with Gasteiger partial charge in [0.05, 0.1) is 18.7 Å². The number of nitrogens with one attached hydrogen (secondary N) is 2. The van der Waals surface area contributed by atoms with Gasteiger partial charge >= 0.3 is 6.09 Å². The average Bonchev–Trinajstić information content (AvgIpc) is 2.74. The van der Waals surface area contributed by atoms with Gasteiger partial charge in [0.15, 0.2) is 5.13 Å². The molecule has 1 aromatic rings. The lowest BCUT2D eigenvalue weighted by Gasteiger charge is -2.01. The molecule has 18 heavy (non-hydrogen) atoms. The normalized spacial score (nSPS) is 9.89. The van der Waals surface area contributed by atoms with Crippen LogP contribution >= 0.6 is 11.3 Å². The molecule has 1 aromatic heterocycles. The van der Waals surface area contributed by atoms with Crippen LogP contribution in [0.1, 0.15) is 26.0 Å². The zero-order chi connectivity index (χ0) is 13.4. The molecule has 0 fully saturated rings. The Labute approximate surface area is 110 Å². The van der Waals surface area contributed by atoms with Gasteiger partial charge < -0.3 is 10.1 Å². The van der Waals surface area contributed by atoms with Crippen LogP contribution in [0.15, 0.2) is 5.38 Å². The van der Waals surface area contributed by atoms with Crippen LogP contribution in [0.2, 0.25) is 0 Å². The van der Waals surface area contributed by atoms with Gasteiger partial charge in [-0.1, -0.05) is 6.92 Å². The highest BCUT2D eigenvalue weighted by Crippen LogP contribution is 2.15. The van der Waals surface area contributed by atoms with Crippen LogP contribution in [0.3, 0.4) is 0 Å². The molecule has 0 aromatic carbocycles. The molecule has 0 aliphatic heterocycles. The first-order chi connectivity index (χ1) is 8.65. The summed E-state index contributed by atoms with van der Waals surface area (Å²) < 4.78 is 4.73. The largest absolute Gasteiger partial charge is 0.450 e. The molecular weight excluding hydrogens is 254 g/mol. The SMILES string of the molecule is CCCNC(=O)Cc1csc(NC(=O)OCC)n1. The first-order valence-electron chi connectivity index (χ1n) is 5.80. The Bertz CT molecular complexity index is 406. The maximum atomic E-state index is 11.4. The summed E-state index contributed by atoms with van der Waals surface area (Å²) in [5, 5.41) is 7.44. The summed E-state index contributed by atoms with van der Waals surface area (Å²) in [7, 11) is 0. The van der Waals surface area contributed by atoms with Crippen molar-refractivity contribution in [2.24, 2.45) is 0 Å². The van der Waals surface area contributed by atoms with Gasteiger partial charge in [-0.3, -0.25) is 10.1 Å². The molecule has 0 unspecified atom stereocenters. The smallest absolute Gasteiger partial charge is 0.413 e. The van der Waals surface area contributed by atoms with Gasteiger partial charge in [-0.15, -0.1) is 11.3 Å². The fourth-order valence-corrected chi connectivity index (χ4v) is 1.89. The lowest BCUT2D eigenvalue weighted by molar-refractivity contribution is -0.120. The van der Waals surface area contributed by atoms with Crippen LogP contribution in [0, 0.1) is 0 Å². The Hall–Kier alpha value is -1.63. The summed E-state index contributed by atoms with van der Waals surface area (Å²) in [4.78, 5) is 26.7. The highest BCUT2D eigenvalue weighted by Gasteiger charge is 2.09. The molecule has 100 valence electrons. The zero-order valence-corrected chi connectivity index (χ0v) is 11.3. The lowest BCUT2D eigenvalue weighted by atomic mass is 10.3. The average molecular weight is 271 g/mol. The predicted octanol–water partition coefficient (Wildman–Crippen LogP) is 1.78. The van der Waals surface area contributed by atoms with Crippen LogP contribution in [0.25, 0.3) is 0 Å². The molecule has 0 radical (unpaired) electrons. The standard InChI is InChI=1S/C11H17N3O3S/c1-3-5-12-9(15)6-8-7-18-10(13-8)14-11(16)17-4-2/h7H,3-6H2,1-2H3,(H,12,15)(H,13,14,16). The first-order valence-corrected chi connectivity index (χ1v) is 6.68. The third-order valence-electron chi connectivity index (χ3n) is 1.95. The van der Waals surface area contributed by atoms with Gasteiger partial charge in [0.2, 0.25) is 5.91 Å². The third-order valence-corrected chi connectivity index (χ3v) is 2.76. The van der Waals surface area contributed by atoms with Gasteiger partial charge in [0, 0.05) is 11.9 Å². The molecule has 0 atom stereocenters. The molecule has 6 nitrogen and oxygen atoms in total. The van der Waals surface area contributed by atoms with Gasteiger partial charge in [-0.2, -0.15) is 0 Å². The summed E-state index contributed by atoms with van der Waals surface area (Å²) in [5.41, 5.74) is 0.639. The van der Waals surface area contributed by atoms with E-state index in [4.69, 9.17) is 4.74 Å². The van der Waals surface area contributed by atoms with Crippen LogP contribution in [-0.2, 0) is 16.0 Å². The molecule has 1 heterocycles. The molecule has 0 spiro atoms. The van der Waals surface area contributed by atoms with Crippen molar-refractivity contribution in [1.29, 1.82) is 0 Å². The number of hydrogen-bond acceptors (Lipinski definition) is 5. The fourth-order valence-electron chi connectivity index (χ4n) is 1.19. The summed E-state index contributed by atoms with van der Waals surface area (Å²) >= 11 is 1.27. The number of rotatable bonds is 6. The minimum absolute atomic E-state index is 0.0650. The van der Waals surface area contributed by atoms with E-state index in [1.54, 1.807) is 12.3 Å². The van der Waals surface area contributed by atoms with E-state index in [9.17, 15) is 9.59 Å². The topological polar surface area (TPSA) is 80.3 Å². The number of ether oxygens (including phenoxy) is 1. The van der Waals surface area contributed by atoms with Crippen molar-refractivity contribution in [2.75, 3.05) is 18.5 Å². The summed E-state index contributed by atoms with van der Waals surface area (Å²) in [6.07, 6.45) is 0.591. The van der Waals surface area contributed by atoms with Crippen molar-refractivity contribution in [1.82, 2.24) is 10.3 Å². The zero-order valence-electron chi connectivity index (χ0n) is 10.5. The van der Waals surface area contributed by atoms with Crippen molar-refractivity contribution in [2.45, 2.75) is 26.7 Å². The Balaban J connectivity index is 2.43. The van der Waals surface area contributed by atoms with Crippen molar-refractivity contribution in [3.05, 3.63) is 11.1 Å². The summed E-state index contributed by atoms with van der Waals surface area (Å²) in [6.45, 7) is 4.69. The second-order valence-corrected chi connectivity index (χ2v) is 4.37. The van der Waals surface area contributed by atoms with Gasteiger partial charge in [-0.05, 0) is 13.3 Å². The minimum atomic E-state index is -0.533. The number of aromatic nitrogens is 1. The number of carbonyl (C=O) groups excluding carboxylic acids is 2. The van der Waals surface area contributed by atoms with Crippen LogP contribution in [0.4, 0.5) is 9.93 Å². The molecule has 2 amide bonds. The molecule has 0 saturated heterocycles. The third kappa shape index (κ3) is 5.13. The Kier molecular flexibility index (Phi) is 6.13. The minimum Gasteiger partial charge on any atom is -0.450 e. The fraction of sp³-hybridized carbons (Fsp3) is 0.545. The number of amides is 2. The van der Waals surface area contributed by atoms with Gasteiger partial charge in [-0.25, -0.2) is 9.78 Å². The monoisotopic (exact) mass is 271 g/mol. The maximum Gasteiger partial charge on any atom is 0.413 e. The van der Waals surface area contributed by atoms with E-state index in [2.05, 4.69) is 15.6 Å². The molecule has 0 aliphatic rings. The first kappa shape index (κ1) is 14.4. The van der Waals surface area contributed by atoms with E-state index in [-0.39, 0.29) is 12.3 Å². The highest BCUT2D eigenvalue weighted by molar-refractivity contribution is 7.13.